The van der Waals surface area contributed by atoms with Crippen molar-refractivity contribution in [1.82, 2.24) is 19.2 Å². The first kappa shape index (κ1) is 13.2. The van der Waals surface area contributed by atoms with Crippen molar-refractivity contribution in [2.24, 2.45) is 14.1 Å². The smallest absolute Gasteiger partial charge is 0.271 e. The lowest BCUT2D eigenvalue weighted by atomic mass is 10.1. The van der Waals surface area contributed by atoms with E-state index in [4.69, 9.17) is 11.6 Å². The van der Waals surface area contributed by atoms with Crippen LogP contribution in [0.25, 0.3) is 0 Å². The van der Waals surface area contributed by atoms with E-state index in [1.165, 1.54) is 0 Å². The highest BCUT2D eigenvalue weighted by atomic mass is 35.5. The molecule has 2 aromatic heterocycles. The third kappa shape index (κ3) is 2.22. The van der Waals surface area contributed by atoms with Crippen LogP contribution in [0.3, 0.4) is 0 Å². The van der Waals surface area contributed by atoms with E-state index < -0.39 is 0 Å². The fourth-order valence-electron chi connectivity index (χ4n) is 2.85. The number of carbonyl (C=O) groups excluding carboxylic acids is 1. The molecular formula is C14H17ClN4O. The Balaban J connectivity index is 1.89. The zero-order chi connectivity index (χ0) is 14.3. The first-order valence-electron chi connectivity index (χ1n) is 6.67. The number of aryl methyl sites for hydroxylation is 2. The highest BCUT2D eigenvalue weighted by molar-refractivity contribution is 6.31. The maximum Gasteiger partial charge on any atom is 0.271 e. The molecule has 1 amide bonds. The summed E-state index contributed by atoms with van der Waals surface area (Å²) in [7, 11) is 3.73. The Morgan fingerprint density at radius 1 is 1.40 bits per heavy atom. The molecule has 0 bridgehead atoms. The molecule has 5 nitrogen and oxygen atoms in total. The number of hydrogen-bond donors (Lipinski definition) is 0. The van der Waals surface area contributed by atoms with Gasteiger partial charge in [-0.2, -0.15) is 5.10 Å². The van der Waals surface area contributed by atoms with E-state index in [1.54, 1.807) is 21.5 Å². The molecule has 1 saturated heterocycles. The van der Waals surface area contributed by atoms with Crippen LogP contribution in [-0.4, -0.2) is 31.7 Å². The van der Waals surface area contributed by atoms with Gasteiger partial charge in [0.25, 0.3) is 5.91 Å². The van der Waals surface area contributed by atoms with Gasteiger partial charge in [-0.15, -0.1) is 0 Å². The Morgan fingerprint density at radius 2 is 2.20 bits per heavy atom. The van der Waals surface area contributed by atoms with Crippen LogP contribution >= 0.6 is 11.6 Å². The number of nitrogens with zero attached hydrogens (tertiary/aromatic N) is 4. The summed E-state index contributed by atoms with van der Waals surface area (Å²) in [6.45, 7) is 0.779. The molecule has 1 atom stereocenters. The minimum absolute atomic E-state index is 0.0331. The summed E-state index contributed by atoms with van der Waals surface area (Å²) >= 11 is 5.97. The van der Waals surface area contributed by atoms with Crippen molar-refractivity contribution in [2.45, 2.75) is 18.9 Å². The van der Waals surface area contributed by atoms with Gasteiger partial charge in [0.1, 0.15) is 5.69 Å². The monoisotopic (exact) mass is 292 g/mol. The molecule has 1 aliphatic rings. The minimum atomic E-state index is 0.0331. The Bertz CT molecular complexity index is 645. The van der Waals surface area contributed by atoms with Gasteiger partial charge in [0.05, 0.1) is 17.3 Å². The fourth-order valence-corrected chi connectivity index (χ4v) is 3.10. The number of carbonyl (C=O) groups is 1. The average molecular weight is 293 g/mol. The van der Waals surface area contributed by atoms with Gasteiger partial charge in [0.2, 0.25) is 0 Å². The van der Waals surface area contributed by atoms with Gasteiger partial charge < -0.3 is 9.47 Å². The summed E-state index contributed by atoms with van der Waals surface area (Å²) in [5, 5.41) is 4.79. The fraction of sp³-hybridized carbons (Fsp3) is 0.429. The van der Waals surface area contributed by atoms with E-state index >= 15 is 0 Å². The Morgan fingerprint density at radius 3 is 2.80 bits per heavy atom. The molecule has 0 spiro atoms. The predicted octanol–water partition coefficient (Wildman–Crippen LogP) is 2.39. The van der Waals surface area contributed by atoms with Crippen molar-refractivity contribution in [1.29, 1.82) is 0 Å². The SMILES string of the molecule is Cn1cc([C@H]2CCCN2C(=O)c2cc(Cl)cn2C)cn1. The minimum Gasteiger partial charge on any atom is -0.345 e. The van der Waals surface area contributed by atoms with E-state index in [-0.39, 0.29) is 11.9 Å². The second-order valence-corrected chi connectivity index (χ2v) is 5.69. The quantitative estimate of drug-likeness (QED) is 0.853. The topological polar surface area (TPSA) is 43.1 Å². The summed E-state index contributed by atoms with van der Waals surface area (Å²) in [6.07, 6.45) is 7.57. The van der Waals surface area contributed by atoms with Gasteiger partial charge in [0, 0.05) is 38.6 Å². The van der Waals surface area contributed by atoms with Crippen LogP contribution in [-0.2, 0) is 14.1 Å². The van der Waals surface area contributed by atoms with Crippen molar-refractivity contribution in [3.8, 4) is 0 Å². The lowest BCUT2D eigenvalue weighted by Crippen LogP contribution is -2.31. The van der Waals surface area contributed by atoms with Crippen molar-refractivity contribution in [2.75, 3.05) is 6.54 Å². The molecule has 1 aliphatic heterocycles. The molecule has 0 radical (unpaired) electrons. The third-order valence-electron chi connectivity index (χ3n) is 3.81. The van der Waals surface area contributed by atoms with E-state index in [0.717, 1.165) is 24.9 Å². The molecule has 0 unspecified atom stereocenters. The molecule has 6 heteroatoms. The summed E-state index contributed by atoms with van der Waals surface area (Å²) in [5.41, 5.74) is 1.73. The predicted molar refractivity (Wildman–Crippen MR) is 76.6 cm³/mol. The van der Waals surface area contributed by atoms with Crippen LogP contribution in [0.1, 0.15) is 34.9 Å². The maximum atomic E-state index is 12.7. The molecule has 2 aromatic rings. The van der Waals surface area contributed by atoms with Crippen molar-refractivity contribution in [3.05, 3.63) is 40.9 Å². The standard InChI is InChI=1S/C14H17ClN4O/c1-17-9-11(15)6-13(17)14(20)19-5-3-4-12(19)10-7-16-18(2)8-10/h6-9,12H,3-5H2,1-2H3/t12-/m1/s1. The van der Waals surface area contributed by atoms with Gasteiger partial charge >= 0.3 is 0 Å². The van der Waals surface area contributed by atoms with Crippen LogP contribution in [0.4, 0.5) is 0 Å². The molecule has 106 valence electrons. The summed E-state index contributed by atoms with van der Waals surface area (Å²) in [4.78, 5) is 14.6. The Kier molecular flexibility index (Phi) is 3.30. The number of aromatic nitrogens is 3. The molecule has 0 N–H and O–H groups in total. The Hall–Kier alpha value is -1.75. The van der Waals surface area contributed by atoms with Crippen LogP contribution in [0.15, 0.2) is 24.7 Å². The van der Waals surface area contributed by atoms with Gasteiger partial charge in [-0.05, 0) is 18.9 Å². The normalized spacial score (nSPS) is 18.8. The lowest BCUT2D eigenvalue weighted by Gasteiger charge is -2.24. The van der Waals surface area contributed by atoms with Gasteiger partial charge in [-0.3, -0.25) is 9.48 Å². The largest absolute Gasteiger partial charge is 0.345 e. The van der Waals surface area contributed by atoms with Gasteiger partial charge in [-0.25, -0.2) is 0 Å². The summed E-state index contributed by atoms with van der Waals surface area (Å²) in [5.74, 6) is 0.0331. The van der Waals surface area contributed by atoms with Crippen LogP contribution < -0.4 is 0 Å². The van der Waals surface area contributed by atoms with Crippen molar-refractivity contribution in [3.63, 3.8) is 0 Å². The average Bonchev–Trinajstić information content (AvgIpc) is 3.08. The Labute approximate surface area is 122 Å². The first-order chi connectivity index (χ1) is 9.56. The second-order valence-electron chi connectivity index (χ2n) is 5.26. The molecule has 1 fully saturated rings. The zero-order valence-corrected chi connectivity index (χ0v) is 12.3. The number of rotatable bonds is 2. The van der Waals surface area contributed by atoms with E-state index in [1.807, 2.05) is 31.4 Å². The van der Waals surface area contributed by atoms with E-state index in [9.17, 15) is 4.79 Å². The molecule has 3 rings (SSSR count). The molecule has 0 aromatic carbocycles. The molecule has 20 heavy (non-hydrogen) atoms. The number of halogens is 1. The first-order valence-corrected chi connectivity index (χ1v) is 7.05. The second kappa shape index (κ2) is 4.98. The van der Waals surface area contributed by atoms with Crippen LogP contribution in [0, 0.1) is 0 Å². The lowest BCUT2D eigenvalue weighted by molar-refractivity contribution is 0.0726. The molecule has 3 heterocycles. The van der Waals surface area contributed by atoms with Crippen molar-refractivity contribution >= 4 is 17.5 Å². The van der Waals surface area contributed by atoms with Crippen LogP contribution in [0.5, 0.6) is 0 Å². The van der Waals surface area contributed by atoms with Crippen molar-refractivity contribution < 1.29 is 4.79 Å². The van der Waals surface area contributed by atoms with E-state index in [2.05, 4.69) is 5.10 Å². The highest BCUT2D eigenvalue weighted by Gasteiger charge is 2.32. The number of amides is 1. The maximum absolute atomic E-state index is 12.7. The highest BCUT2D eigenvalue weighted by Crippen LogP contribution is 2.33. The van der Waals surface area contributed by atoms with E-state index in [0.29, 0.717) is 10.7 Å². The number of likely N-dealkylation sites (tertiary alicyclic amines) is 1. The number of hydrogen-bond acceptors (Lipinski definition) is 2. The summed E-state index contributed by atoms with van der Waals surface area (Å²) < 4.78 is 3.55. The molecule has 0 aliphatic carbocycles. The van der Waals surface area contributed by atoms with Crippen LogP contribution in [0.2, 0.25) is 5.02 Å². The third-order valence-corrected chi connectivity index (χ3v) is 4.02. The molecular weight excluding hydrogens is 276 g/mol. The summed E-state index contributed by atoms with van der Waals surface area (Å²) in [6, 6.07) is 1.84. The zero-order valence-electron chi connectivity index (χ0n) is 11.6. The molecule has 0 saturated carbocycles. The van der Waals surface area contributed by atoms with Gasteiger partial charge in [0.15, 0.2) is 0 Å². The van der Waals surface area contributed by atoms with Gasteiger partial charge in [-0.1, -0.05) is 11.6 Å².